The number of halogens is 1. The Morgan fingerprint density at radius 3 is 2.80 bits per heavy atom. The Labute approximate surface area is 121 Å². The van der Waals surface area contributed by atoms with Gasteiger partial charge in [-0.15, -0.1) is 0 Å². The quantitative estimate of drug-likeness (QED) is 0.829. The molecule has 0 atom stereocenters. The summed E-state index contributed by atoms with van der Waals surface area (Å²) in [6.07, 6.45) is 1.69. The molecule has 0 spiro atoms. The van der Waals surface area contributed by atoms with Gasteiger partial charge < -0.3 is 15.8 Å². The van der Waals surface area contributed by atoms with Crippen molar-refractivity contribution in [1.82, 2.24) is 4.98 Å². The molecule has 0 aliphatic rings. The minimum Gasteiger partial charge on any atom is -0.481 e. The zero-order valence-electron chi connectivity index (χ0n) is 10.9. The SMILES string of the molecule is COc1ccc(CNc2cccc(F)c2C(N)=S)cn1. The molecule has 6 heteroatoms. The number of nitrogens with two attached hydrogens (primary N) is 1. The minimum absolute atomic E-state index is 0.0263. The first-order chi connectivity index (χ1) is 9.61. The highest BCUT2D eigenvalue weighted by Gasteiger charge is 2.10. The molecule has 0 aliphatic carbocycles. The van der Waals surface area contributed by atoms with Gasteiger partial charge >= 0.3 is 0 Å². The molecular weight excluding hydrogens is 277 g/mol. The van der Waals surface area contributed by atoms with Gasteiger partial charge in [0.05, 0.1) is 12.7 Å². The zero-order chi connectivity index (χ0) is 14.5. The second-order valence-corrected chi connectivity index (χ2v) is 4.53. The standard InChI is InChI=1S/C14H14FN3OS/c1-19-12-6-5-9(8-18-12)7-17-11-4-2-3-10(15)13(11)14(16)20/h2-6,8,17H,7H2,1H3,(H2,16,20). The van der Waals surface area contributed by atoms with Gasteiger partial charge in [-0.2, -0.15) is 0 Å². The number of aromatic nitrogens is 1. The van der Waals surface area contributed by atoms with Crippen LogP contribution in [0.4, 0.5) is 10.1 Å². The molecule has 1 aromatic heterocycles. The van der Waals surface area contributed by atoms with Crippen molar-refractivity contribution in [3.8, 4) is 5.88 Å². The predicted molar refractivity (Wildman–Crippen MR) is 80.4 cm³/mol. The molecule has 2 rings (SSSR count). The third-order valence-corrected chi connectivity index (χ3v) is 2.95. The van der Waals surface area contributed by atoms with Crippen LogP contribution in [0.25, 0.3) is 0 Å². The number of methoxy groups -OCH3 is 1. The molecule has 0 fully saturated rings. The van der Waals surface area contributed by atoms with Gasteiger partial charge in [-0.05, 0) is 17.7 Å². The summed E-state index contributed by atoms with van der Waals surface area (Å²) in [7, 11) is 1.56. The fourth-order valence-electron chi connectivity index (χ4n) is 1.76. The van der Waals surface area contributed by atoms with Crippen molar-refractivity contribution in [2.45, 2.75) is 6.54 Å². The van der Waals surface area contributed by atoms with E-state index in [1.807, 2.05) is 6.07 Å². The summed E-state index contributed by atoms with van der Waals surface area (Å²) in [5.41, 5.74) is 7.27. The van der Waals surface area contributed by atoms with Crippen LogP contribution in [0.1, 0.15) is 11.1 Å². The van der Waals surface area contributed by atoms with Crippen LogP contribution < -0.4 is 15.8 Å². The Kier molecular flexibility index (Phi) is 4.47. The van der Waals surface area contributed by atoms with Crippen molar-refractivity contribution >= 4 is 22.9 Å². The number of pyridine rings is 1. The number of thiocarbonyl (C=S) groups is 1. The summed E-state index contributed by atoms with van der Waals surface area (Å²) in [5, 5.41) is 3.10. The van der Waals surface area contributed by atoms with E-state index in [-0.39, 0.29) is 10.6 Å². The third-order valence-electron chi connectivity index (χ3n) is 2.75. The molecule has 1 heterocycles. The first kappa shape index (κ1) is 14.2. The lowest BCUT2D eigenvalue weighted by Crippen LogP contribution is -2.15. The first-order valence-corrected chi connectivity index (χ1v) is 6.33. The summed E-state index contributed by atoms with van der Waals surface area (Å²) < 4.78 is 18.7. The van der Waals surface area contributed by atoms with Crippen LogP contribution in [0.2, 0.25) is 0 Å². The molecule has 1 aromatic carbocycles. The first-order valence-electron chi connectivity index (χ1n) is 5.93. The van der Waals surface area contributed by atoms with Gasteiger partial charge in [-0.25, -0.2) is 9.37 Å². The van der Waals surface area contributed by atoms with Gasteiger partial charge in [0.15, 0.2) is 0 Å². The molecular formula is C14H14FN3OS. The largest absolute Gasteiger partial charge is 0.481 e. The lowest BCUT2D eigenvalue weighted by atomic mass is 10.1. The van der Waals surface area contributed by atoms with E-state index < -0.39 is 5.82 Å². The van der Waals surface area contributed by atoms with Gasteiger partial charge in [0, 0.05) is 24.5 Å². The van der Waals surface area contributed by atoms with Crippen molar-refractivity contribution in [1.29, 1.82) is 0 Å². The molecule has 3 N–H and O–H groups in total. The molecule has 0 saturated carbocycles. The lowest BCUT2D eigenvalue weighted by Gasteiger charge is -2.12. The molecule has 0 unspecified atom stereocenters. The van der Waals surface area contributed by atoms with E-state index in [2.05, 4.69) is 10.3 Å². The number of hydrogen-bond acceptors (Lipinski definition) is 4. The van der Waals surface area contributed by atoms with Crippen molar-refractivity contribution in [2.75, 3.05) is 12.4 Å². The lowest BCUT2D eigenvalue weighted by molar-refractivity contribution is 0.397. The van der Waals surface area contributed by atoms with E-state index in [0.717, 1.165) is 5.56 Å². The summed E-state index contributed by atoms with van der Waals surface area (Å²) in [5.74, 6) is 0.110. The van der Waals surface area contributed by atoms with Gasteiger partial charge in [0.1, 0.15) is 10.8 Å². The zero-order valence-corrected chi connectivity index (χ0v) is 11.7. The minimum atomic E-state index is -0.435. The van der Waals surface area contributed by atoms with E-state index in [1.54, 1.807) is 31.5 Å². The number of hydrogen-bond donors (Lipinski definition) is 2. The number of benzene rings is 1. The van der Waals surface area contributed by atoms with Gasteiger partial charge in [-0.1, -0.05) is 24.4 Å². The molecule has 2 aromatic rings. The average molecular weight is 291 g/mol. The number of nitrogens with one attached hydrogen (secondary N) is 1. The van der Waals surface area contributed by atoms with E-state index in [0.29, 0.717) is 18.1 Å². The highest BCUT2D eigenvalue weighted by Crippen LogP contribution is 2.19. The molecule has 0 saturated heterocycles. The molecule has 20 heavy (non-hydrogen) atoms. The van der Waals surface area contributed by atoms with E-state index in [1.165, 1.54) is 6.07 Å². The number of nitrogens with zero attached hydrogens (tertiary/aromatic N) is 1. The summed E-state index contributed by atoms with van der Waals surface area (Å²) in [6.45, 7) is 0.482. The monoisotopic (exact) mass is 291 g/mol. The second kappa shape index (κ2) is 6.29. The van der Waals surface area contributed by atoms with Crippen molar-refractivity contribution in [3.63, 3.8) is 0 Å². The van der Waals surface area contributed by atoms with Crippen LogP contribution in [0, 0.1) is 5.82 Å². The van der Waals surface area contributed by atoms with Crippen molar-refractivity contribution < 1.29 is 9.13 Å². The molecule has 0 amide bonds. The van der Waals surface area contributed by atoms with Crippen LogP contribution in [-0.2, 0) is 6.54 Å². The van der Waals surface area contributed by atoms with Crippen LogP contribution in [0.5, 0.6) is 5.88 Å². The molecule has 0 radical (unpaired) electrons. The molecule has 0 aliphatic heterocycles. The highest BCUT2D eigenvalue weighted by atomic mass is 32.1. The molecule has 4 nitrogen and oxygen atoms in total. The Bertz CT molecular complexity index is 616. The van der Waals surface area contributed by atoms with Crippen molar-refractivity contribution in [2.24, 2.45) is 5.73 Å². The van der Waals surface area contributed by atoms with E-state index in [4.69, 9.17) is 22.7 Å². The molecule has 0 bridgehead atoms. The summed E-state index contributed by atoms with van der Waals surface area (Å²) in [6, 6.07) is 8.30. The topological polar surface area (TPSA) is 60.2 Å². The van der Waals surface area contributed by atoms with E-state index >= 15 is 0 Å². The number of ether oxygens (including phenoxy) is 1. The maximum absolute atomic E-state index is 13.7. The Morgan fingerprint density at radius 2 is 2.20 bits per heavy atom. The molecule has 104 valence electrons. The van der Waals surface area contributed by atoms with Gasteiger partial charge in [-0.3, -0.25) is 0 Å². The Morgan fingerprint density at radius 1 is 1.40 bits per heavy atom. The van der Waals surface area contributed by atoms with Crippen molar-refractivity contribution in [3.05, 3.63) is 53.5 Å². The van der Waals surface area contributed by atoms with Gasteiger partial charge in [0.25, 0.3) is 0 Å². The Balaban J connectivity index is 2.14. The number of rotatable bonds is 5. The highest BCUT2D eigenvalue weighted by molar-refractivity contribution is 7.80. The summed E-state index contributed by atoms with van der Waals surface area (Å²) in [4.78, 5) is 4.12. The Hall–Kier alpha value is -2.21. The summed E-state index contributed by atoms with van der Waals surface area (Å²) >= 11 is 4.87. The van der Waals surface area contributed by atoms with Crippen LogP contribution in [0.3, 0.4) is 0 Å². The fraction of sp³-hybridized carbons (Fsp3) is 0.143. The predicted octanol–water partition coefficient (Wildman–Crippen LogP) is 2.48. The number of anilines is 1. The third kappa shape index (κ3) is 3.21. The second-order valence-electron chi connectivity index (χ2n) is 4.09. The van der Waals surface area contributed by atoms with Gasteiger partial charge in [0.2, 0.25) is 5.88 Å². The maximum atomic E-state index is 13.7. The average Bonchev–Trinajstić information content (AvgIpc) is 2.45. The van der Waals surface area contributed by atoms with E-state index in [9.17, 15) is 4.39 Å². The smallest absolute Gasteiger partial charge is 0.212 e. The van der Waals surface area contributed by atoms with Crippen LogP contribution in [0.15, 0.2) is 36.5 Å². The van der Waals surface area contributed by atoms with Crippen LogP contribution in [-0.4, -0.2) is 17.1 Å². The van der Waals surface area contributed by atoms with Crippen LogP contribution >= 0.6 is 12.2 Å². The normalized spacial score (nSPS) is 10.1. The fourth-order valence-corrected chi connectivity index (χ4v) is 1.96. The maximum Gasteiger partial charge on any atom is 0.212 e.